The number of carbonyl (C=O) groups is 1. The molecule has 15 heteroatoms. The monoisotopic (exact) mass is 760 g/mol. The second-order valence-electron chi connectivity index (χ2n) is 12.1. The molecule has 2 N–H and O–H groups in total. The zero-order valence-corrected chi connectivity index (χ0v) is 28.7. The normalized spacial score (nSPS) is 16.2. The topological polar surface area (TPSA) is 60.3 Å². The Morgan fingerprint density at radius 3 is 1.87 bits per heavy atom. The van der Waals surface area contributed by atoms with Gasteiger partial charge in [-0.15, -0.1) is 12.8 Å². The number of alkyl halides is 9. The molecule has 0 atom stereocenters. The molecule has 0 saturated heterocycles. The molecule has 7 rings (SSSR count). The Balaban J connectivity index is 0.00000236. The van der Waals surface area contributed by atoms with Gasteiger partial charge in [0.15, 0.2) is 5.71 Å². The SMILES string of the molecule is COC1=C(c2c(C)n(-c3cc(C(F)(F)F)cc(C(F)(F)F)c3)c3ccccc23)C(=O)/C1=C1\C(C)=[N+](c2cccc(C(F)(F)F)c2)c2ccccc21.NS. The van der Waals surface area contributed by atoms with Gasteiger partial charge in [0.2, 0.25) is 17.2 Å². The van der Waals surface area contributed by atoms with E-state index in [0.29, 0.717) is 40.1 Å². The number of aromatic nitrogens is 1. The molecule has 0 spiro atoms. The summed E-state index contributed by atoms with van der Waals surface area (Å²) in [4.78, 5) is 14.3. The lowest BCUT2D eigenvalue weighted by Gasteiger charge is -2.26. The summed E-state index contributed by atoms with van der Waals surface area (Å²) in [5.74, 6) is -0.408. The highest BCUT2D eigenvalue weighted by molar-refractivity contribution is 7.77. The van der Waals surface area contributed by atoms with E-state index in [1.165, 1.54) is 36.8 Å². The summed E-state index contributed by atoms with van der Waals surface area (Å²) < 4.78 is 133. The lowest BCUT2D eigenvalue weighted by molar-refractivity contribution is -0.143. The number of ether oxygens (including phenoxy) is 1. The van der Waals surface area contributed by atoms with Gasteiger partial charge in [-0.05, 0) is 43.3 Å². The van der Waals surface area contributed by atoms with Gasteiger partial charge in [0, 0.05) is 47.5 Å². The van der Waals surface area contributed by atoms with Crippen molar-refractivity contribution in [3.63, 3.8) is 0 Å². The first-order chi connectivity index (χ1) is 24.9. The number of halogens is 9. The van der Waals surface area contributed by atoms with E-state index in [1.807, 2.05) is 0 Å². The molecule has 53 heavy (non-hydrogen) atoms. The number of fused-ring (bicyclic) bond motifs is 2. The van der Waals surface area contributed by atoms with Crippen molar-refractivity contribution in [3.8, 4) is 5.69 Å². The van der Waals surface area contributed by atoms with Crippen LogP contribution in [0.1, 0.15) is 40.4 Å². The van der Waals surface area contributed by atoms with Crippen molar-refractivity contribution in [3.05, 3.63) is 136 Å². The quantitative estimate of drug-likeness (QED) is 0.0830. The molecule has 2 heterocycles. The Morgan fingerprint density at radius 2 is 1.26 bits per heavy atom. The molecule has 0 bridgehead atoms. The zero-order chi connectivity index (χ0) is 38.8. The molecular formula is C38H27F9N3O2S+. The Kier molecular flexibility index (Phi) is 9.40. The van der Waals surface area contributed by atoms with Crippen LogP contribution in [0.5, 0.6) is 0 Å². The molecule has 1 aliphatic carbocycles. The van der Waals surface area contributed by atoms with Crippen LogP contribution in [0.4, 0.5) is 50.9 Å². The minimum Gasteiger partial charge on any atom is -0.495 e. The first-order valence-corrected chi connectivity index (χ1v) is 16.1. The van der Waals surface area contributed by atoms with E-state index < -0.39 is 46.7 Å². The van der Waals surface area contributed by atoms with Gasteiger partial charge in [-0.2, -0.15) is 44.1 Å². The van der Waals surface area contributed by atoms with Crippen LogP contribution < -0.4 is 9.71 Å². The van der Waals surface area contributed by atoms with Crippen LogP contribution in [0.25, 0.3) is 27.7 Å². The smallest absolute Gasteiger partial charge is 0.416 e. The van der Waals surface area contributed by atoms with Gasteiger partial charge >= 0.3 is 18.5 Å². The highest BCUT2D eigenvalue weighted by Gasteiger charge is 2.47. The minimum atomic E-state index is -5.08. The zero-order valence-electron chi connectivity index (χ0n) is 27.8. The van der Waals surface area contributed by atoms with E-state index in [-0.39, 0.29) is 45.4 Å². The molecule has 1 aromatic heterocycles. The van der Waals surface area contributed by atoms with Gasteiger partial charge < -0.3 is 9.30 Å². The average molecular weight is 761 g/mol. The molecule has 0 fully saturated rings. The summed E-state index contributed by atoms with van der Waals surface area (Å²) in [6.07, 6.45) is -14.8. The molecule has 0 saturated carbocycles. The van der Waals surface area contributed by atoms with Crippen molar-refractivity contribution < 1.29 is 49.0 Å². The van der Waals surface area contributed by atoms with E-state index in [4.69, 9.17) is 4.74 Å². The maximum absolute atomic E-state index is 14.3. The molecular weight excluding hydrogens is 733 g/mol. The van der Waals surface area contributed by atoms with Crippen LogP contribution in [0.2, 0.25) is 0 Å². The highest BCUT2D eigenvalue weighted by Crippen LogP contribution is 2.50. The van der Waals surface area contributed by atoms with Crippen LogP contribution in [-0.4, -0.2) is 23.2 Å². The fraction of sp³-hybridized carbons (Fsp3) is 0.158. The van der Waals surface area contributed by atoms with Crippen LogP contribution in [0.15, 0.2) is 102 Å². The molecule has 1 aliphatic heterocycles. The number of para-hydroxylation sites is 2. The molecule has 274 valence electrons. The van der Waals surface area contributed by atoms with Gasteiger partial charge in [0.25, 0.3) is 0 Å². The fourth-order valence-corrected chi connectivity index (χ4v) is 6.97. The van der Waals surface area contributed by atoms with Gasteiger partial charge in [-0.25, -0.2) is 0 Å². The molecule has 0 amide bonds. The van der Waals surface area contributed by atoms with Crippen molar-refractivity contribution >= 4 is 57.7 Å². The lowest BCUT2D eigenvalue weighted by Crippen LogP contribution is -2.26. The van der Waals surface area contributed by atoms with E-state index in [0.717, 1.165) is 12.1 Å². The average Bonchev–Trinajstić information content (AvgIpc) is 3.56. The number of hydrogen-bond donors (Lipinski definition) is 2. The third-order valence-electron chi connectivity index (χ3n) is 9.10. The van der Waals surface area contributed by atoms with Gasteiger partial charge in [-0.1, -0.05) is 36.4 Å². The standard InChI is InChI=1S/C38H24F9N2O2.H3NS/c1-19-30(26-11-4-6-13-28(26)48(19)24-10-8-9-21(16-24)36(39,40)41)32-34(50)33(35(32)51-3)31-20(2)49(29-14-7-5-12-27(29)31)25-17-22(37(42,43)44)15-23(18-25)38(45,46)47;1-2/h4-18H,1-3H3;2H,1H2/q+1;. The second-order valence-corrected chi connectivity index (χ2v) is 12.1. The molecule has 5 nitrogen and oxygen atoms in total. The first kappa shape index (κ1) is 37.5. The molecule has 5 aromatic rings. The largest absolute Gasteiger partial charge is 0.495 e. The van der Waals surface area contributed by atoms with Crippen molar-refractivity contribution in [2.45, 2.75) is 32.4 Å². The summed E-state index contributed by atoms with van der Waals surface area (Å²) >= 11 is 3.03. The van der Waals surface area contributed by atoms with E-state index in [2.05, 4.69) is 18.0 Å². The van der Waals surface area contributed by atoms with Crippen LogP contribution in [0.3, 0.4) is 0 Å². The highest BCUT2D eigenvalue weighted by atomic mass is 32.1. The number of allylic oxidation sites excluding steroid dienone is 3. The maximum atomic E-state index is 14.3. The Morgan fingerprint density at radius 1 is 0.679 bits per heavy atom. The first-order valence-electron chi connectivity index (χ1n) is 15.6. The summed E-state index contributed by atoms with van der Waals surface area (Å²) in [6.45, 7) is 3.14. The summed E-state index contributed by atoms with van der Waals surface area (Å²) in [7, 11) is 1.32. The van der Waals surface area contributed by atoms with Crippen molar-refractivity contribution in [1.82, 2.24) is 9.14 Å². The van der Waals surface area contributed by atoms with Crippen molar-refractivity contribution in [2.75, 3.05) is 7.11 Å². The number of benzene rings is 4. The number of rotatable bonds is 4. The molecule has 2 aliphatic rings. The number of hydrogen-bond acceptors (Lipinski definition) is 4. The second kappa shape index (κ2) is 13.3. The van der Waals surface area contributed by atoms with Crippen LogP contribution in [-0.2, 0) is 28.1 Å². The number of thiol groups is 1. The fourth-order valence-electron chi connectivity index (χ4n) is 6.97. The summed E-state index contributed by atoms with van der Waals surface area (Å²) in [5, 5.41) is 4.57. The predicted molar refractivity (Wildman–Crippen MR) is 187 cm³/mol. The number of carbonyl (C=O) groups excluding carboxylic acids is 1. The van der Waals surface area contributed by atoms with Crippen LogP contribution in [0, 0.1) is 6.92 Å². The Labute approximate surface area is 301 Å². The van der Waals surface area contributed by atoms with Gasteiger partial charge in [0.05, 0.1) is 51.6 Å². The maximum Gasteiger partial charge on any atom is 0.416 e. The predicted octanol–water partition coefficient (Wildman–Crippen LogP) is 10.5. The van der Waals surface area contributed by atoms with E-state index in [9.17, 15) is 44.3 Å². The third kappa shape index (κ3) is 6.20. The minimum absolute atomic E-state index is 0.0475. The Bertz CT molecular complexity index is 2380. The Hall–Kier alpha value is -5.28. The summed E-state index contributed by atoms with van der Waals surface area (Å²) in [5.41, 5.74) is -1.27. The number of methoxy groups -OCH3 is 1. The van der Waals surface area contributed by atoms with E-state index in [1.54, 1.807) is 54.0 Å². The molecule has 0 unspecified atom stereocenters. The van der Waals surface area contributed by atoms with Gasteiger partial charge in [-0.3, -0.25) is 9.93 Å². The van der Waals surface area contributed by atoms with Crippen molar-refractivity contribution in [1.29, 1.82) is 0 Å². The van der Waals surface area contributed by atoms with E-state index >= 15 is 0 Å². The number of nitrogens with two attached hydrogens (primary N) is 1. The number of nitrogens with zero attached hydrogens (tertiary/aromatic N) is 2. The van der Waals surface area contributed by atoms with Crippen LogP contribution >= 0.6 is 12.8 Å². The number of ketones is 1. The molecule has 0 radical (unpaired) electrons. The number of Topliss-reactive ketones (excluding diaryl/α,β-unsaturated/α-hetero) is 1. The molecule has 4 aromatic carbocycles. The van der Waals surface area contributed by atoms with Gasteiger partial charge in [0.1, 0.15) is 5.76 Å². The summed E-state index contributed by atoms with van der Waals surface area (Å²) in [6, 6.07) is 19.2. The van der Waals surface area contributed by atoms with Crippen molar-refractivity contribution in [2.24, 2.45) is 5.14 Å². The third-order valence-corrected chi connectivity index (χ3v) is 9.10. The lowest BCUT2D eigenvalue weighted by atomic mass is 9.78.